The summed E-state index contributed by atoms with van der Waals surface area (Å²) in [6.45, 7) is 8.75. The number of hydrogen-bond acceptors (Lipinski definition) is 3. The highest BCUT2D eigenvalue weighted by atomic mass is 15.2. The van der Waals surface area contributed by atoms with E-state index in [1.54, 1.807) is 0 Å². The number of imidazole rings is 1. The molecule has 1 aromatic rings. The minimum Gasteiger partial charge on any atom is -0.356 e. The summed E-state index contributed by atoms with van der Waals surface area (Å²) < 4.78 is 2.18. The van der Waals surface area contributed by atoms with Gasteiger partial charge >= 0.3 is 0 Å². The number of anilines is 1. The van der Waals surface area contributed by atoms with Crippen LogP contribution in [-0.4, -0.2) is 41.1 Å². The van der Waals surface area contributed by atoms with Crippen molar-refractivity contribution in [2.45, 2.75) is 39.7 Å². The summed E-state index contributed by atoms with van der Waals surface area (Å²) in [5, 5.41) is 3.48. The molecule has 2 rings (SSSR count). The van der Waals surface area contributed by atoms with Crippen LogP contribution >= 0.6 is 0 Å². The van der Waals surface area contributed by atoms with Gasteiger partial charge in [-0.3, -0.25) is 0 Å². The molecule has 0 unspecified atom stereocenters. The standard InChI is InChI=1S/C14H26N4/c1-4-18-11-12(2)16-14(18)15-8-5-13-6-9-17(3)10-7-13/h11,13H,4-10H2,1-3H3,(H,15,16). The molecule has 1 aliphatic heterocycles. The lowest BCUT2D eigenvalue weighted by Crippen LogP contribution is -2.31. The van der Waals surface area contributed by atoms with Crippen LogP contribution in [0.4, 0.5) is 5.95 Å². The first kappa shape index (κ1) is 13.4. The van der Waals surface area contributed by atoms with Crippen LogP contribution in [0, 0.1) is 12.8 Å². The highest BCUT2D eigenvalue weighted by Crippen LogP contribution is 2.19. The van der Waals surface area contributed by atoms with Gasteiger partial charge in [0.05, 0.1) is 5.69 Å². The summed E-state index contributed by atoms with van der Waals surface area (Å²) in [6, 6.07) is 0. The van der Waals surface area contributed by atoms with E-state index >= 15 is 0 Å². The Morgan fingerprint density at radius 2 is 2.11 bits per heavy atom. The van der Waals surface area contributed by atoms with E-state index in [9.17, 15) is 0 Å². The minimum absolute atomic E-state index is 0.889. The second-order valence-corrected chi connectivity index (χ2v) is 5.45. The third kappa shape index (κ3) is 3.48. The molecule has 0 spiro atoms. The van der Waals surface area contributed by atoms with E-state index in [0.717, 1.165) is 30.6 Å². The van der Waals surface area contributed by atoms with Gasteiger partial charge in [-0.25, -0.2) is 4.98 Å². The first-order valence-electron chi connectivity index (χ1n) is 7.15. The molecule has 1 N–H and O–H groups in total. The van der Waals surface area contributed by atoms with Crippen LogP contribution < -0.4 is 5.32 Å². The molecule has 18 heavy (non-hydrogen) atoms. The number of aryl methyl sites for hydroxylation is 2. The molecule has 4 nitrogen and oxygen atoms in total. The van der Waals surface area contributed by atoms with E-state index in [2.05, 4.69) is 39.9 Å². The first-order chi connectivity index (χ1) is 8.69. The Hall–Kier alpha value is -1.03. The maximum absolute atomic E-state index is 4.52. The van der Waals surface area contributed by atoms with Crippen molar-refractivity contribution in [2.75, 3.05) is 32.0 Å². The molecule has 0 bridgehead atoms. The quantitative estimate of drug-likeness (QED) is 0.871. The van der Waals surface area contributed by atoms with Gasteiger partial charge in [-0.1, -0.05) is 0 Å². The summed E-state index contributed by atoms with van der Waals surface area (Å²) in [5.74, 6) is 1.92. The average Bonchev–Trinajstić information content (AvgIpc) is 2.72. The molecule has 0 aromatic carbocycles. The van der Waals surface area contributed by atoms with Crippen LogP contribution in [0.3, 0.4) is 0 Å². The summed E-state index contributed by atoms with van der Waals surface area (Å²) >= 11 is 0. The van der Waals surface area contributed by atoms with E-state index in [4.69, 9.17) is 0 Å². The molecular weight excluding hydrogens is 224 g/mol. The number of hydrogen-bond donors (Lipinski definition) is 1. The zero-order valence-electron chi connectivity index (χ0n) is 11.9. The summed E-state index contributed by atoms with van der Waals surface area (Å²) in [6.07, 6.45) is 6.07. The van der Waals surface area contributed by atoms with Crippen molar-refractivity contribution < 1.29 is 0 Å². The zero-order valence-corrected chi connectivity index (χ0v) is 11.9. The monoisotopic (exact) mass is 250 g/mol. The minimum atomic E-state index is 0.889. The smallest absolute Gasteiger partial charge is 0.203 e. The van der Waals surface area contributed by atoms with Crippen LogP contribution in [0.2, 0.25) is 0 Å². The number of aromatic nitrogens is 2. The van der Waals surface area contributed by atoms with Crippen molar-refractivity contribution >= 4 is 5.95 Å². The van der Waals surface area contributed by atoms with E-state index in [1.807, 2.05) is 6.92 Å². The SMILES string of the molecule is CCn1cc(C)nc1NCCC1CCN(C)CC1. The van der Waals surface area contributed by atoms with Gasteiger partial charge in [0.15, 0.2) is 0 Å². The highest BCUT2D eigenvalue weighted by molar-refractivity contribution is 5.28. The largest absolute Gasteiger partial charge is 0.356 e. The van der Waals surface area contributed by atoms with Gasteiger partial charge in [0, 0.05) is 19.3 Å². The normalized spacial score (nSPS) is 18.2. The Morgan fingerprint density at radius 3 is 2.78 bits per heavy atom. The van der Waals surface area contributed by atoms with E-state index in [1.165, 1.54) is 32.4 Å². The fourth-order valence-corrected chi connectivity index (χ4v) is 2.67. The molecule has 1 saturated heterocycles. The molecule has 1 fully saturated rings. The third-order valence-electron chi connectivity index (χ3n) is 3.91. The number of nitrogens with zero attached hydrogens (tertiary/aromatic N) is 3. The van der Waals surface area contributed by atoms with Crippen molar-refractivity contribution in [2.24, 2.45) is 5.92 Å². The van der Waals surface area contributed by atoms with Gasteiger partial charge in [-0.05, 0) is 59.2 Å². The van der Waals surface area contributed by atoms with Crippen LogP contribution in [0.5, 0.6) is 0 Å². The van der Waals surface area contributed by atoms with Gasteiger partial charge in [-0.15, -0.1) is 0 Å². The van der Waals surface area contributed by atoms with Crippen molar-refractivity contribution in [1.82, 2.24) is 14.5 Å². The van der Waals surface area contributed by atoms with Crippen LogP contribution in [0.25, 0.3) is 0 Å². The van der Waals surface area contributed by atoms with Crippen molar-refractivity contribution in [3.63, 3.8) is 0 Å². The Morgan fingerprint density at radius 1 is 1.39 bits per heavy atom. The van der Waals surface area contributed by atoms with Gasteiger partial charge in [0.25, 0.3) is 0 Å². The number of piperidine rings is 1. The Labute approximate surface area is 110 Å². The average molecular weight is 250 g/mol. The van der Waals surface area contributed by atoms with Crippen molar-refractivity contribution in [3.05, 3.63) is 11.9 Å². The van der Waals surface area contributed by atoms with Gasteiger partial charge in [0.2, 0.25) is 5.95 Å². The molecule has 102 valence electrons. The lowest BCUT2D eigenvalue weighted by atomic mass is 9.94. The topological polar surface area (TPSA) is 33.1 Å². The number of nitrogens with one attached hydrogen (secondary N) is 1. The molecule has 1 aliphatic rings. The fraction of sp³-hybridized carbons (Fsp3) is 0.786. The predicted octanol–water partition coefficient (Wildman–Crippen LogP) is 2.36. The van der Waals surface area contributed by atoms with E-state index in [0.29, 0.717) is 0 Å². The number of rotatable bonds is 5. The van der Waals surface area contributed by atoms with Crippen LogP contribution in [-0.2, 0) is 6.54 Å². The molecule has 0 radical (unpaired) electrons. The third-order valence-corrected chi connectivity index (χ3v) is 3.91. The molecular formula is C14H26N4. The van der Waals surface area contributed by atoms with Crippen LogP contribution in [0.15, 0.2) is 6.20 Å². The van der Waals surface area contributed by atoms with E-state index < -0.39 is 0 Å². The first-order valence-corrected chi connectivity index (χ1v) is 7.15. The second kappa shape index (κ2) is 6.23. The highest BCUT2D eigenvalue weighted by Gasteiger charge is 2.16. The fourth-order valence-electron chi connectivity index (χ4n) is 2.67. The lowest BCUT2D eigenvalue weighted by Gasteiger charge is -2.28. The Balaban J connectivity index is 1.74. The molecule has 1 aromatic heterocycles. The van der Waals surface area contributed by atoms with Gasteiger partial charge < -0.3 is 14.8 Å². The summed E-state index contributed by atoms with van der Waals surface area (Å²) in [7, 11) is 2.22. The maximum Gasteiger partial charge on any atom is 0.203 e. The summed E-state index contributed by atoms with van der Waals surface area (Å²) in [4.78, 5) is 6.95. The van der Waals surface area contributed by atoms with Crippen molar-refractivity contribution in [3.8, 4) is 0 Å². The lowest BCUT2D eigenvalue weighted by molar-refractivity contribution is 0.215. The molecule has 4 heteroatoms. The zero-order chi connectivity index (χ0) is 13.0. The molecule has 0 aliphatic carbocycles. The predicted molar refractivity (Wildman–Crippen MR) is 76.0 cm³/mol. The van der Waals surface area contributed by atoms with Gasteiger partial charge in [-0.2, -0.15) is 0 Å². The molecule has 0 saturated carbocycles. The Bertz CT molecular complexity index is 364. The van der Waals surface area contributed by atoms with Crippen LogP contribution in [0.1, 0.15) is 31.9 Å². The second-order valence-electron chi connectivity index (χ2n) is 5.45. The van der Waals surface area contributed by atoms with Gasteiger partial charge in [0.1, 0.15) is 0 Å². The molecule has 0 atom stereocenters. The molecule has 0 amide bonds. The molecule has 2 heterocycles. The maximum atomic E-state index is 4.52. The number of likely N-dealkylation sites (tertiary alicyclic amines) is 1. The Kier molecular flexibility index (Phi) is 4.64. The summed E-state index contributed by atoms with van der Waals surface area (Å²) in [5.41, 5.74) is 1.10. The van der Waals surface area contributed by atoms with E-state index in [-0.39, 0.29) is 0 Å². The van der Waals surface area contributed by atoms with Crippen molar-refractivity contribution in [1.29, 1.82) is 0 Å².